The Morgan fingerprint density at radius 2 is 2.27 bits per heavy atom. The number of carbonyl (C=O) groups is 1. The second-order valence-corrected chi connectivity index (χ2v) is 3.72. The van der Waals surface area contributed by atoms with Gasteiger partial charge >= 0.3 is 0 Å². The number of alkyl halides is 1. The minimum absolute atomic E-state index is 0.171. The predicted molar refractivity (Wildman–Crippen MR) is 56.0 cm³/mol. The smallest absolute Gasteiger partial charge is 0.222 e. The fourth-order valence-electron chi connectivity index (χ4n) is 0.638. The lowest BCUT2D eigenvalue weighted by Gasteiger charge is -2.08. The molecule has 0 rings (SSSR count). The van der Waals surface area contributed by atoms with E-state index in [4.69, 9.17) is 0 Å². The monoisotopic (exact) mass is 269 g/mol. The van der Waals surface area contributed by atoms with E-state index in [1.165, 1.54) is 0 Å². The summed E-state index contributed by atoms with van der Waals surface area (Å²) < 4.78 is 1.11. The second-order valence-electron chi connectivity index (χ2n) is 2.64. The van der Waals surface area contributed by atoms with E-state index < -0.39 is 0 Å². The molecule has 0 aliphatic carbocycles. The van der Waals surface area contributed by atoms with Gasteiger partial charge in [-0.2, -0.15) is 0 Å². The SMILES string of the molecule is CCC(C)C(=O)NCCCI. The molecule has 0 aromatic carbocycles. The number of amides is 1. The number of carbonyl (C=O) groups excluding carboxylic acids is 1. The normalized spacial score (nSPS) is 12.6. The van der Waals surface area contributed by atoms with E-state index in [1.54, 1.807) is 0 Å². The van der Waals surface area contributed by atoms with Crippen LogP contribution in [0.2, 0.25) is 0 Å². The number of halogens is 1. The van der Waals surface area contributed by atoms with Crippen molar-refractivity contribution >= 4 is 28.5 Å². The third-order valence-corrected chi connectivity index (χ3v) is 2.43. The Hall–Kier alpha value is 0.200. The summed E-state index contributed by atoms with van der Waals surface area (Å²) in [5, 5.41) is 2.89. The maximum Gasteiger partial charge on any atom is 0.222 e. The summed E-state index contributed by atoms with van der Waals surface area (Å²) in [6.07, 6.45) is 2.00. The molecule has 0 fully saturated rings. The summed E-state index contributed by atoms with van der Waals surface area (Å²) in [5.74, 6) is 0.363. The fourth-order valence-corrected chi connectivity index (χ4v) is 1.02. The van der Waals surface area contributed by atoms with Crippen molar-refractivity contribution in [2.24, 2.45) is 5.92 Å². The van der Waals surface area contributed by atoms with Gasteiger partial charge in [-0.3, -0.25) is 4.79 Å². The van der Waals surface area contributed by atoms with E-state index in [-0.39, 0.29) is 11.8 Å². The molecule has 0 heterocycles. The number of hydrogen-bond donors (Lipinski definition) is 1. The third kappa shape index (κ3) is 5.47. The van der Waals surface area contributed by atoms with Crippen LogP contribution in [0.4, 0.5) is 0 Å². The highest BCUT2D eigenvalue weighted by Crippen LogP contribution is 1.99. The summed E-state index contributed by atoms with van der Waals surface area (Å²) in [6, 6.07) is 0. The molecule has 0 radical (unpaired) electrons. The quantitative estimate of drug-likeness (QED) is 0.461. The Balaban J connectivity index is 3.36. The van der Waals surface area contributed by atoms with Crippen LogP contribution in [-0.4, -0.2) is 16.9 Å². The molecule has 66 valence electrons. The molecule has 0 saturated heterocycles. The number of hydrogen-bond acceptors (Lipinski definition) is 1. The Kier molecular flexibility index (Phi) is 7.01. The zero-order valence-electron chi connectivity index (χ0n) is 7.19. The second kappa shape index (κ2) is 6.88. The molecule has 0 aromatic rings. The standard InChI is InChI=1S/C8H16INO/c1-3-7(2)8(11)10-6-4-5-9/h7H,3-6H2,1-2H3,(H,10,11). The summed E-state index contributed by atoms with van der Waals surface area (Å²) in [5.41, 5.74) is 0. The first-order valence-corrected chi connectivity index (χ1v) is 5.58. The van der Waals surface area contributed by atoms with Crippen LogP contribution in [0, 0.1) is 5.92 Å². The van der Waals surface area contributed by atoms with Crippen LogP contribution in [0.3, 0.4) is 0 Å². The van der Waals surface area contributed by atoms with E-state index in [0.717, 1.165) is 23.8 Å². The predicted octanol–water partition coefficient (Wildman–Crippen LogP) is 1.97. The average Bonchev–Trinajstić information content (AvgIpc) is 2.03. The van der Waals surface area contributed by atoms with Gasteiger partial charge in [0, 0.05) is 16.9 Å². The van der Waals surface area contributed by atoms with Crippen molar-refractivity contribution in [3.63, 3.8) is 0 Å². The molecular formula is C8H16INO. The van der Waals surface area contributed by atoms with Gasteiger partial charge in [0.25, 0.3) is 0 Å². The van der Waals surface area contributed by atoms with Crippen molar-refractivity contribution in [1.82, 2.24) is 5.32 Å². The third-order valence-electron chi connectivity index (χ3n) is 1.67. The summed E-state index contributed by atoms with van der Waals surface area (Å²) in [7, 11) is 0. The molecule has 0 aromatic heterocycles. The van der Waals surface area contributed by atoms with Gasteiger partial charge in [0.05, 0.1) is 0 Å². The molecule has 3 heteroatoms. The van der Waals surface area contributed by atoms with Gasteiger partial charge in [-0.1, -0.05) is 36.4 Å². The van der Waals surface area contributed by atoms with E-state index in [1.807, 2.05) is 13.8 Å². The molecular weight excluding hydrogens is 253 g/mol. The molecule has 2 nitrogen and oxygen atoms in total. The van der Waals surface area contributed by atoms with Crippen LogP contribution in [-0.2, 0) is 4.79 Å². The van der Waals surface area contributed by atoms with Crippen molar-refractivity contribution in [2.75, 3.05) is 11.0 Å². The molecule has 1 atom stereocenters. The Morgan fingerprint density at radius 3 is 2.73 bits per heavy atom. The topological polar surface area (TPSA) is 29.1 Å². The zero-order chi connectivity index (χ0) is 8.69. The van der Waals surface area contributed by atoms with Gasteiger partial charge in [0.15, 0.2) is 0 Å². The molecule has 1 N–H and O–H groups in total. The molecule has 1 unspecified atom stereocenters. The van der Waals surface area contributed by atoms with Crippen LogP contribution in [0.1, 0.15) is 26.7 Å². The molecule has 0 spiro atoms. The van der Waals surface area contributed by atoms with Crippen molar-refractivity contribution in [1.29, 1.82) is 0 Å². The fraction of sp³-hybridized carbons (Fsp3) is 0.875. The van der Waals surface area contributed by atoms with Gasteiger partial charge in [0.2, 0.25) is 5.91 Å². The lowest BCUT2D eigenvalue weighted by Crippen LogP contribution is -2.29. The lowest BCUT2D eigenvalue weighted by atomic mass is 10.1. The highest BCUT2D eigenvalue weighted by Gasteiger charge is 2.07. The summed E-state index contributed by atoms with van der Waals surface area (Å²) in [6.45, 7) is 4.81. The minimum Gasteiger partial charge on any atom is -0.356 e. The molecule has 0 aliphatic rings. The van der Waals surface area contributed by atoms with Gasteiger partial charge in [-0.25, -0.2) is 0 Å². The van der Waals surface area contributed by atoms with Crippen LogP contribution in [0.25, 0.3) is 0 Å². The van der Waals surface area contributed by atoms with Gasteiger partial charge in [-0.05, 0) is 12.8 Å². The molecule has 0 bridgehead atoms. The van der Waals surface area contributed by atoms with Gasteiger partial charge in [0.1, 0.15) is 0 Å². The minimum atomic E-state index is 0.171. The molecule has 1 amide bonds. The van der Waals surface area contributed by atoms with Crippen molar-refractivity contribution < 1.29 is 4.79 Å². The first kappa shape index (κ1) is 11.2. The van der Waals surface area contributed by atoms with Crippen molar-refractivity contribution in [2.45, 2.75) is 26.7 Å². The summed E-state index contributed by atoms with van der Waals surface area (Å²) >= 11 is 2.31. The number of rotatable bonds is 5. The highest BCUT2D eigenvalue weighted by molar-refractivity contribution is 14.1. The number of nitrogens with one attached hydrogen (secondary N) is 1. The zero-order valence-corrected chi connectivity index (χ0v) is 9.35. The maximum absolute atomic E-state index is 11.1. The van der Waals surface area contributed by atoms with Crippen LogP contribution in [0.5, 0.6) is 0 Å². The Bertz CT molecular complexity index is 117. The van der Waals surface area contributed by atoms with E-state index in [2.05, 4.69) is 27.9 Å². The lowest BCUT2D eigenvalue weighted by molar-refractivity contribution is -0.124. The van der Waals surface area contributed by atoms with Crippen molar-refractivity contribution in [3.8, 4) is 0 Å². The van der Waals surface area contributed by atoms with Gasteiger partial charge in [-0.15, -0.1) is 0 Å². The van der Waals surface area contributed by atoms with Gasteiger partial charge < -0.3 is 5.32 Å². The van der Waals surface area contributed by atoms with Crippen molar-refractivity contribution in [3.05, 3.63) is 0 Å². The van der Waals surface area contributed by atoms with Crippen LogP contribution >= 0.6 is 22.6 Å². The Morgan fingerprint density at radius 1 is 1.64 bits per heavy atom. The molecule has 11 heavy (non-hydrogen) atoms. The van der Waals surface area contributed by atoms with E-state index >= 15 is 0 Å². The Labute approximate surface area is 82.3 Å². The highest BCUT2D eigenvalue weighted by atomic mass is 127. The first-order valence-electron chi connectivity index (χ1n) is 4.06. The van der Waals surface area contributed by atoms with Crippen LogP contribution in [0.15, 0.2) is 0 Å². The van der Waals surface area contributed by atoms with E-state index in [0.29, 0.717) is 0 Å². The maximum atomic E-state index is 11.1. The summed E-state index contributed by atoms with van der Waals surface area (Å²) in [4.78, 5) is 11.1. The molecule has 0 saturated carbocycles. The first-order chi connectivity index (χ1) is 5.22. The average molecular weight is 269 g/mol. The van der Waals surface area contributed by atoms with E-state index in [9.17, 15) is 4.79 Å². The molecule has 0 aliphatic heterocycles. The van der Waals surface area contributed by atoms with Crippen LogP contribution < -0.4 is 5.32 Å². The largest absolute Gasteiger partial charge is 0.356 e.